The molecule has 0 aliphatic rings. The zero-order valence-corrected chi connectivity index (χ0v) is 17.8. The lowest BCUT2D eigenvalue weighted by atomic mass is 10.2. The average Bonchev–Trinajstić information content (AvgIpc) is 3.41. The molecule has 12 heteroatoms. The van der Waals surface area contributed by atoms with Crippen LogP contribution in [0.15, 0.2) is 24.5 Å². The number of aryl methyl sites for hydroxylation is 4. The van der Waals surface area contributed by atoms with Crippen LogP contribution >= 0.6 is 0 Å². The summed E-state index contributed by atoms with van der Waals surface area (Å²) in [6.45, 7) is -0.632. The van der Waals surface area contributed by atoms with Gasteiger partial charge in [-0.1, -0.05) is 0 Å². The van der Waals surface area contributed by atoms with E-state index >= 15 is 0 Å². The zero-order valence-electron chi connectivity index (χ0n) is 17.8. The van der Waals surface area contributed by atoms with Gasteiger partial charge in [-0.2, -0.15) is 19.0 Å². The highest BCUT2D eigenvalue weighted by Gasteiger charge is 2.20. The number of aromatic nitrogens is 7. The lowest BCUT2D eigenvalue weighted by molar-refractivity contribution is -0.129. The highest BCUT2D eigenvalue weighted by Crippen LogP contribution is 2.29. The third kappa shape index (κ3) is 4.08. The molecule has 32 heavy (non-hydrogen) atoms. The normalized spacial score (nSPS) is 11.7. The van der Waals surface area contributed by atoms with Gasteiger partial charge in [-0.3, -0.25) is 14.2 Å². The van der Waals surface area contributed by atoms with Crippen molar-refractivity contribution in [3.8, 4) is 22.9 Å². The molecule has 2 N–H and O–H groups in total. The van der Waals surface area contributed by atoms with E-state index in [0.29, 0.717) is 35.7 Å². The largest absolute Gasteiger partial charge is 0.364 e. The van der Waals surface area contributed by atoms with Gasteiger partial charge in [0.15, 0.2) is 5.82 Å². The summed E-state index contributed by atoms with van der Waals surface area (Å²) in [5.41, 5.74) is 8.90. The molecule has 4 aromatic heterocycles. The molecule has 0 bridgehead atoms. The Bertz CT molecular complexity index is 1290. The first-order valence-electron chi connectivity index (χ1n) is 9.85. The molecule has 0 atom stereocenters. The fourth-order valence-corrected chi connectivity index (χ4v) is 3.56. The van der Waals surface area contributed by atoms with Crippen molar-refractivity contribution in [1.82, 2.24) is 34.1 Å². The predicted molar refractivity (Wildman–Crippen MR) is 112 cm³/mol. The second-order valence-corrected chi connectivity index (χ2v) is 7.36. The van der Waals surface area contributed by atoms with E-state index in [1.54, 1.807) is 33.2 Å². The lowest BCUT2D eigenvalue weighted by Crippen LogP contribution is -2.14. The van der Waals surface area contributed by atoms with E-state index < -0.39 is 12.5 Å². The van der Waals surface area contributed by atoms with E-state index in [2.05, 4.69) is 19.9 Å². The van der Waals surface area contributed by atoms with Gasteiger partial charge >= 0.3 is 6.61 Å². The zero-order chi connectivity index (χ0) is 23.0. The van der Waals surface area contributed by atoms with Crippen molar-refractivity contribution < 1.29 is 18.3 Å². The Hall–Kier alpha value is -3.67. The second kappa shape index (κ2) is 8.46. The Morgan fingerprint density at radius 3 is 2.75 bits per heavy atom. The van der Waals surface area contributed by atoms with Crippen molar-refractivity contribution in [3.63, 3.8) is 0 Å². The van der Waals surface area contributed by atoms with Crippen molar-refractivity contribution in [2.75, 3.05) is 6.61 Å². The van der Waals surface area contributed by atoms with Gasteiger partial charge in [-0.25, -0.2) is 9.97 Å². The molecule has 0 saturated carbocycles. The number of fused-ring (bicyclic) bond motifs is 1. The third-order valence-electron chi connectivity index (χ3n) is 5.01. The highest BCUT2D eigenvalue weighted by molar-refractivity contribution is 5.99. The molecule has 0 aliphatic carbocycles. The molecule has 0 aromatic carbocycles. The van der Waals surface area contributed by atoms with Crippen LogP contribution in [0.5, 0.6) is 0 Å². The summed E-state index contributed by atoms with van der Waals surface area (Å²) in [4.78, 5) is 21.0. The van der Waals surface area contributed by atoms with Crippen LogP contribution in [0.2, 0.25) is 0 Å². The van der Waals surface area contributed by atoms with Crippen LogP contribution in [0.1, 0.15) is 22.6 Å². The summed E-state index contributed by atoms with van der Waals surface area (Å²) >= 11 is 0. The van der Waals surface area contributed by atoms with E-state index in [0.717, 1.165) is 16.8 Å². The van der Waals surface area contributed by atoms with Gasteiger partial charge in [0.05, 0.1) is 29.7 Å². The summed E-state index contributed by atoms with van der Waals surface area (Å²) < 4.78 is 33.9. The number of amides is 1. The summed E-state index contributed by atoms with van der Waals surface area (Å²) in [6, 6.07) is 3.46. The monoisotopic (exact) mass is 444 g/mol. The molecule has 4 aromatic rings. The lowest BCUT2D eigenvalue weighted by Gasteiger charge is -2.06. The third-order valence-corrected chi connectivity index (χ3v) is 5.01. The molecule has 0 saturated heterocycles. The number of hydrogen-bond acceptors (Lipinski definition) is 6. The van der Waals surface area contributed by atoms with Crippen LogP contribution in [0, 0.1) is 6.92 Å². The van der Waals surface area contributed by atoms with E-state index in [9.17, 15) is 13.6 Å². The molecule has 10 nitrogen and oxygen atoms in total. The first-order chi connectivity index (χ1) is 15.2. The molecule has 0 aliphatic heterocycles. The number of alkyl halides is 2. The van der Waals surface area contributed by atoms with Crippen LogP contribution in [-0.2, 0) is 25.4 Å². The van der Waals surface area contributed by atoms with Crippen LogP contribution in [0.3, 0.4) is 0 Å². The SMILES string of the molecule is Cc1cc(-c2cn(C)c(-c3nc(C(N)=O)cc4c3cnn4C)n2)n(CCCOC(F)F)n1. The van der Waals surface area contributed by atoms with Crippen LogP contribution < -0.4 is 5.73 Å². The molecule has 1 amide bonds. The van der Waals surface area contributed by atoms with E-state index in [1.165, 1.54) is 0 Å². The van der Waals surface area contributed by atoms with Crippen molar-refractivity contribution >= 4 is 16.8 Å². The summed E-state index contributed by atoms with van der Waals surface area (Å²) in [5.74, 6) is -0.129. The van der Waals surface area contributed by atoms with Crippen LogP contribution in [0.4, 0.5) is 8.78 Å². The predicted octanol–water partition coefficient (Wildman–Crippen LogP) is 2.27. The highest BCUT2D eigenvalue weighted by atomic mass is 19.3. The van der Waals surface area contributed by atoms with Crippen molar-refractivity contribution in [2.24, 2.45) is 19.8 Å². The molecule has 0 radical (unpaired) electrons. The molecular weight excluding hydrogens is 422 g/mol. The minimum absolute atomic E-state index is 0.0771. The number of pyridine rings is 1. The van der Waals surface area contributed by atoms with E-state index in [1.807, 2.05) is 26.2 Å². The maximum atomic E-state index is 12.2. The first kappa shape index (κ1) is 21.6. The quantitative estimate of drug-likeness (QED) is 0.417. The van der Waals surface area contributed by atoms with E-state index in [4.69, 9.17) is 10.7 Å². The topological polar surface area (TPSA) is 119 Å². The fraction of sp³-hybridized carbons (Fsp3) is 0.350. The smallest absolute Gasteiger partial charge is 0.345 e. The number of carbonyl (C=O) groups is 1. The molecule has 0 unspecified atom stereocenters. The summed E-state index contributed by atoms with van der Waals surface area (Å²) in [7, 11) is 3.58. The fourth-order valence-electron chi connectivity index (χ4n) is 3.56. The minimum Gasteiger partial charge on any atom is -0.364 e. The Morgan fingerprint density at radius 2 is 2.03 bits per heavy atom. The van der Waals surface area contributed by atoms with Gasteiger partial charge in [0.25, 0.3) is 5.91 Å². The minimum atomic E-state index is -2.79. The number of ether oxygens (including phenoxy) is 1. The second-order valence-electron chi connectivity index (χ2n) is 7.36. The van der Waals surface area contributed by atoms with Gasteiger partial charge in [0, 0.05) is 32.2 Å². The number of imidazole rings is 1. The molecule has 168 valence electrons. The average molecular weight is 444 g/mol. The molecule has 4 rings (SSSR count). The molecule has 0 spiro atoms. The summed E-state index contributed by atoms with van der Waals surface area (Å²) in [5, 5.41) is 9.43. The number of nitrogens with two attached hydrogens (primary N) is 1. The molecule has 0 fully saturated rings. The summed E-state index contributed by atoms with van der Waals surface area (Å²) in [6.07, 6.45) is 3.85. The van der Waals surface area contributed by atoms with E-state index in [-0.39, 0.29) is 12.3 Å². The number of carbonyl (C=O) groups excluding carboxylic acids is 1. The van der Waals surface area contributed by atoms with Crippen molar-refractivity contribution in [2.45, 2.75) is 26.5 Å². The number of rotatable bonds is 8. The molecular formula is C20H22F2N8O2. The van der Waals surface area contributed by atoms with Gasteiger partial charge in [0.1, 0.15) is 17.1 Å². The number of halogens is 2. The van der Waals surface area contributed by atoms with Gasteiger partial charge in [-0.05, 0) is 25.5 Å². The van der Waals surface area contributed by atoms with Crippen LogP contribution in [-0.4, -0.2) is 53.2 Å². The number of hydrogen-bond donors (Lipinski definition) is 1. The van der Waals surface area contributed by atoms with Crippen molar-refractivity contribution in [1.29, 1.82) is 0 Å². The Morgan fingerprint density at radius 1 is 1.25 bits per heavy atom. The van der Waals surface area contributed by atoms with Crippen molar-refractivity contribution in [3.05, 3.63) is 35.9 Å². The van der Waals surface area contributed by atoms with Gasteiger partial charge in [0.2, 0.25) is 0 Å². The van der Waals surface area contributed by atoms with Gasteiger partial charge < -0.3 is 15.0 Å². The molecule has 4 heterocycles. The Labute approximate surface area is 181 Å². The standard InChI is InChI=1S/C20H22F2N8O2/c1-11-7-16(30(27-11)5-4-6-32-20(21)22)14-10-28(2)19(26-14)17-12-9-24-29(3)15(12)8-13(25-17)18(23)31/h7-10,20H,4-6H2,1-3H3,(H2,23,31). The number of nitrogens with zero attached hydrogens (tertiary/aromatic N) is 7. The van der Waals surface area contributed by atoms with Crippen LogP contribution in [0.25, 0.3) is 33.8 Å². The first-order valence-corrected chi connectivity index (χ1v) is 9.85. The van der Waals surface area contributed by atoms with Gasteiger partial charge in [-0.15, -0.1) is 0 Å². The Kier molecular flexibility index (Phi) is 5.70. The maximum absolute atomic E-state index is 12.2. The maximum Gasteiger partial charge on any atom is 0.345 e. The number of primary amides is 1. The Balaban J connectivity index is 1.73.